The van der Waals surface area contributed by atoms with Crippen LogP contribution in [0.5, 0.6) is 0 Å². The van der Waals surface area contributed by atoms with E-state index in [2.05, 4.69) is 27.7 Å². The van der Waals surface area contributed by atoms with Crippen LogP contribution in [0.2, 0.25) is 0 Å². The summed E-state index contributed by atoms with van der Waals surface area (Å²) in [6, 6.07) is 0. The van der Waals surface area contributed by atoms with Gasteiger partial charge in [-0.25, -0.2) is 4.39 Å². The van der Waals surface area contributed by atoms with Gasteiger partial charge in [-0.05, 0) is 6.42 Å². The monoisotopic (exact) mass is 416 g/mol. The quantitative estimate of drug-likeness (QED) is 0.233. The molecule has 0 aliphatic carbocycles. The fourth-order valence-electron chi connectivity index (χ4n) is 3.33. The minimum absolute atomic E-state index is 0.140. The maximum atomic E-state index is 12.1. The molecule has 0 fully saturated rings. The van der Waals surface area contributed by atoms with Gasteiger partial charge in [-0.15, -0.1) is 0 Å². The summed E-state index contributed by atoms with van der Waals surface area (Å²) >= 11 is 0. The normalized spacial score (nSPS) is 13.8. The van der Waals surface area contributed by atoms with Crippen LogP contribution in [0.1, 0.15) is 98.8 Å². The number of rotatable bonds is 15. The molecule has 1 unspecified atom stereocenters. The molecule has 0 aliphatic rings. The van der Waals surface area contributed by atoms with Crippen LogP contribution >= 0.6 is 7.26 Å². The van der Waals surface area contributed by atoms with Crippen molar-refractivity contribution in [3.05, 3.63) is 0 Å². The fourth-order valence-corrected chi connectivity index (χ4v) is 9.78. The molecular weight excluding hydrogens is 370 g/mol. The van der Waals surface area contributed by atoms with E-state index in [1.54, 1.807) is 31.6 Å². The Morgan fingerprint density at radius 2 is 1.04 bits per heavy atom. The molecule has 6 heteroatoms. The number of alkyl halides is 1. The summed E-state index contributed by atoms with van der Waals surface area (Å²) in [5.41, 5.74) is -2.11. The van der Waals surface area contributed by atoms with Gasteiger partial charge in [0.25, 0.3) is 10.1 Å². The first-order valence-corrected chi connectivity index (χ1v) is 15.2. The van der Waals surface area contributed by atoms with Crippen molar-refractivity contribution in [2.45, 2.75) is 104 Å². The molecule has 0 amide bonds. The summed E-state index contributed by atoms with van der Waals surface area (Å²) in [7, 11) is -5.31. The van der Waals surface area contributed by atoms with Gasteiger partial charge < -0.3 is 0 Å². The first-order chi connectivity index (χ1) is 12.2. The van der Waals surface area contributed by atoms with Crippen molar-refractivity contribution in [1.82, 2.24) is 0 Å². The zero-order chi connectivity index (χ0) is 20.5. The van der Waals surface area contributed by atoms with E-state index >= 15 is 0 Å². The molecule has 3 nitrogen and oxygen atoms in total. The molecular formula is C20H46FO3PS. The van der Waals surface area contributed by atoms with Crippen molar-refractivity contribution in [2.75, 3.05) is 24.6 Å². The number of unbranched alkanes of at least 4 members (excludes halogenated alkanes) is 4. The fraction of sp³-hybridized carbons (Fsp3) is 1.00. The first kappa shape index (κ1) is 28.5. The molecule has 0 heterocycles. The molecule has 0 saturated carbocycles. The maximum absolute atomic E-state index is 12.1. The van der Waals surface area contributed by atoms with E-state index < -0.39 is 22.9 Å². The zero-order valence-electron chi connectivity index (χ0n) is 18.0. The average molecular weight is 417 g/mol. The molecule has 162 valence electrons. The van der Waals surface area contributed by atoms with Crippen LogP contribution in [0.15, 0.2) is 0 Å². The Morgan fingerprint density at radius 3 is 1.19 bits per heavy atom. The SMILES string of the molecule is CCCC(F)S(=O)(=O)O.CCCC[PH](CCCC)(CCCC)CCCC. The predicted octanol–water partition coefficient (Wildman–Crippen LogP) is 6.91. The summed E-state index contributed by atoms with van der Waals surface area (Å²) in [4.78, 5) is 0. The summed E-state index contributed by atoms with van der Waals surface area (Å²) in [5, 5.41) is 0. The van der Waals surface area contributed by atoms with E-state index in [9.17, 15) is 12.8 Å². The molecule has 0 aromatic heterocycles. The third-order valence-electron chi connectivity index (χ3n) is 5.08. The van der Waals surface area contributed by atoms with E-state index in [-0.39, 0.29) is 6.42 Å². The van der Waals surface area contributed by atoms with E-state index in [1.807, 2.05) is 0 Å². The third kappa shape index (κ3) is 15.3. The minimum atomic E-state index is -4.43. The van der Waals surface area contributed by atoms with Crippen LogP contribution < -0.4 is 0 Å². The van der Waals surface area contributed by atoms with Crippen LogP contribution in [0.4, 0.5) is 4.39 Å². The van der Waals surface area contributed by atoms with Crippen molar-refractivity contribution in [3.63, 3.8) is 0 Å². The summed E-state index contributed by atoms with van der Waals surface area (Å²) in [6.45, 7) is 11.1. The second-order valence-corrected chi connectivity index (χ2v) is 14.2. The van der Waals surface area contributed by atoms with Crippen molar-refractivity contribution < 1.29 is 17.4 Å². The van der Waals surface area contributed by atoms with Crippen LogP contribution in [0, 0.1) is 0 Å². The van der Waals surface area contributed by atoms with Crippen molar-refractivity contribution in [1.29, 1.82) is 0 Å². The predicted molar refractivity (Wildman–Crippen MR) is 119 cm³/mol. The van der Waals surface area contributed by atoms with Crippen molar-refractivity contribution >= 4 is 17.4 Å². The van der Waals surface area contributed by atoms with Gasteiger partial charge in [0.05, 0.1) is 0 Å². The van der Waals surface area contributed by atoms with Gasteiger partial charge in [-0.2, -0.15) is 8.42 Å². The molecule has 0 radical (unpaired) electrons. The molecule has 0 aromatic carbocycles. The third-order valence-corrected chi connectivity index (χ3v) is 11.6. The van der Waals surface area contributed by atoms with Gasteiger partial charge in [0.15, 0.2) is 0 Å². The Hall–Kier alpha value is 0.270. The van der Waals surface area contributed by atoms with Gasteiger partial charge in [0, 0.05) is 0 Å². The van der Waals surface area contributed by atoms with E-state index in [4.69, 9.17) is 4.55 Å². The summed E-state index contributed by atoms with van der Waals surface area (Å²) < 4.78 is 39.9. The first-order valence-electron chi connectivity index (χ1n) is 10.8. The number of halogens is 1. The Balaban J connectivity index is 0. The summed E-state index contributed by atoms with van der Waals surface area (Å²) in [5.74, 6) is 0. The zero-order valence-corrected chi connectivity index (χ0v) is 19.8. The standard InChI is InChI=1S/C16H37P.C4H9FO3S/c1-5-9-13-17(14-10-6-2,15-11-7-3)16-12-8-4;1-2-3-4(5)9(6,7)8/h17H,5-16H2,1-4H3;4H,2-3H2,1H3,(H,6,7,8). The Kier molecular flexibility index (Phi) is 19.0. The van der Waals surface area contributed by atoms with Crippen molar-refractivity contribution in [3.8, 4) is 0 Å². The molecule has 0 saturated heterocycles. The van der Waals surface area contributed by atoms with Crippen LogP contribution in [0.25, 0.3) is 0 Å². The second-order valence-electron chi connectivity index (χ2n) is 7.63. The molecule has 0 bridgehead atoms. The average Bonchev–Trinajstić information content (AvgIpc) is 2.60. The Labute approximate surface area is 164 Å². The molecule has 0 aliphatic heterocycles. The Morgan fingerprint density at radius 1 is 0.731 bits per heavy atom. The number of hydrogen-bond donors (Lipinski definition) is 1. The second kappa shape index (κ2) is 17.4. The molecule has 0 spiro atoms. The Bertz CT molecular complexity index is 364. The molecule has 26 heavy (non-hydrogen) atoms. The van der Waals surface area contributed by atoms with E-state index in [0.717, 1.165) is 0 Å². The number of hydrogen-bond acceptors (Lipinski definition) is 2. The topological polar surface area (TPSA) is 54.4 Å². The van der Waals surface area contributed by atoms with Crippen LogP contribution in [0.3, 0.4) is 0 Å². The molecule has 0 rings (SSSR count). The van der Waals surface area contributed by atoms with Crippen LogP contribution in [-0.2, 0) is 10.1 Å². The van der Waals surface area contributed by atoms with E-state index in [0.29, 0.717) is 6.42 Å². The van der Waals surface area contributed by atoms with Gasteiger partial charge in [-0.3, -0.25) is 4.55 Å². The summed E-state index contributed by atoms with van der Waals surface area (Å²) in [6.07, 6.45) is 18.4. The van der Waals surface area contributed by atoms with Crippen LogP contribution in [-0.4, -0.2) is 43.1 Å². The van der Waals surface area contributed by atoms with Crippen molar-refractivity contribution in [2.24, 2.45) is 0 Å². The molecule has 1 atom stereocenters. The molecule has 1 N–H and O–H groups in total. The molecule has 0 aromatic rings. The van der Waals surface area contributed by atoms with Gasteiger partial charge in [-0.1, -0.05) is 13.3 Å². The van der Waals surface area contributed by atoms with Gasteiger partial charge in [0.2, 0.25) is 5.50 Å². The van der Waals surface area contributed by atoms with Gasteiger partial charge in [0.1, 0.15) is 0 Å². The van der Waals surface area contributed by atoms with Gasteiger partial charge >= 0.3 is 111 Å². The van der Waals surface area contributed by atoms with E-state index in [1.165, 1.54) is 51.4 Å².